The van der Waals surface area contributed by atoms with Gasteiger partial charge in [-0.3, -0.25) is 14.6 Å². The zero-order chi connectivity index (χ0) is 14.9. The highest BCUT2D eigenvalue weighted by atomic mass is 16.4. The number of ketones is 1. The standard InChI is InChI=1S/C17H17NO3/c19-15-7-3-4-9-17(15,16(20)21)11-12-8-10-18-14-6-2-1-5-13(12)14/h1-2,5-6,8,10H,3-4,7,9,11H2,(H,20,21). The summed E-state index contributed by atoms with van der Waals surface area (Å²) in [6.07, 6.45) is 4.32. The Kier molecular flexibility index (Phi) is 3.45. The summed E-state index contributed by atoms with van der Waals surface area (Å²) in [5.41, 5.74) is 0.458. The first kappa shape index (κ1) is 13.7. The number of carboxylic acid groups (broad SMARTS) is 1. The van der Waals surface area contributed by atoms with E-state index in [2.05, 4.69) is 4.98 Å². The quantitative estimate of drug-likeness (QED) is 0.879. The van der Waals surface area contributed by atoms with Gasteiger partial charge in [-0.25, -0.2) is 0 Å². The molecule has 1 aromatic heterocycles. The fraction of sp³-hybridized carbons (Fsp3) is 0.353. The Hall–Kier alpha value is -2.23. The van der Waals surface area contributed by atoms with Gasteiger partial charge in [0.25, 0.3) is 0 Å². The Morgan fingerprint density at radius 1 is 1.24 bits per heavy atom. The van der Waals surface area contributed by atoms with E-state index >= 15 is 0 Å². The molecule has 108 valence electrons. The predicted molar refractivity (Wildman–Crippen MR) is 79.0 cm³/mol. The number of carbonyl (C=O) groups is 2. The molecule has 0 amide bonds. The minimum atomic E-state index is -1.26. The van der Waals surface area contributed by atoms with Crippen molar-refractivity contribution in [2.75, 3.05) is 0 Å². The second-order valence-electron chi connectivity index (χ2n) is 5.68. The number of rotatable bonds is 3. The van der Waals surface area contributed by atoms with E-state index in [4.69, 9.17) is 0 Å². The van der Waals surface area contributed by atoms with Crippen LogP contribution in [0.2, 0.25) is 0 Å². The zero-order valence-corrected chi connectivity index (χ0v) is 11.7. The molecule has 1 aromatic carbocycles. The minimum Gasteiger partial charge on any atom is -0.480 e. The summed E-state index contributed by atoms with van der Waals surface area (Å²) in [5.74, 6) is -1.13. The molecule has 0 saturated heterocycles. The van der Waals surface area contributed by atoms with E-state index in [1.54, 1.807) is 6.20 Å². The Morgan fingerprint density at radius 2 is 2.05 bits per heavy atom. The summed E-state index contributed by atoms with van der Waals surface area (Å²) in [4.78, 5) is 28.4. The number of pyridine rings is 1. The van der Waals surface area contributed by atoms with Gasteiger partial charge >= 0.3 is 5.97 Å². The van der Waals surface area contributed by atoms with Crippen molar-refractivity contribution in [2.45, 2.75) is 32.1 Å². The lowest BCUT2D eigenvalue weighted by atomic mass is 9.69. The van der Waals surface area contributed by atoms with Crippen molar-refractivity contribution < 1.29 is 14.7 Å². The monoisotopic (exact) mass is 283 g/mol. The number of hydrogen-bond donors (Lipinski definition) is 1. The van der Waals surface area contributed by atoms with Gasteiger partial charge < -0.3 is 5.11 Å². The lowest BCUT2D eigenvalue weighted by Crippen LogP contribution is -2.43. The van der Waals surface area contributed by atoms with Gasteiger partial charge in [0.2, 0.25) is 0 Å². The average molecular weight is 283 g/mol. The van der Waals surface area contributed by atoms with Crippen molar-refractivity contribution in [1.82, 2.24) is 4.98 Å². The number of aliphatic carboxylic acids is 1. The van der Waals surface area contributed by atoms with Gasteiger partial charge in [0.15, 0.2) is 5.78 Å². The molecule has 4 heteroatoms. The molecule has 4 nitrogen and oxygen atoms in total. The average Bonchev–Trinajstić information content (AvgIpc) is 2.50. The topological polar surface area (TPSA) is 67.3 Å². The first-order chi connectivity index (χ1) is 10.1. The lowest BCUT2D eigenvalue weighted by Gasteiger charge is -2.32. The van der Waals surface area contributed by atoms with Crippen LogP contribution in [0.3, 0.4) is 0 Å². The minimum absolute atomic E-state index is 0.137. The van der Waals surface area contributed by atoms with E-state index in [1.165, 1.54) is 0 Å². The van der Waals surface area contributed by atoms with E-state index < -0.39 is 11.4 Å². The second-order valence-corrected chi connectivity index (χ2v) is 5.68. The molecule has 0 radical (unpaired) electrons. The first-order valence-corrected chi connectivity index (χ1v) is 7.23. The molecule has 1 heterocycles. The van der Waals surface area contributed by atoms with Crippen LogP contribution < -0.4 is 0 Å². The van der Waals surface area contributed by atoms with Crippen LogP contribution in [0.4, 0.5) is 0 Å². The molecule has 21 heavy (non-hydrogen) atoms. The third-order valence-electron chi connectivity index (χ3n) is 4.43. The fourth-order valence-electron chi connectivity index (χ4n) is 3.21. The third-order valence-corrected chi connectivity index (χ3v) is 4.43. The van der Waals surface area contributed by atoms with Crippen LogP contribution in [-0.4, -0.2) is 21.8 Å². The SMILES string of the molecule is O=C(O)C1(Cc2ccnc3ccccc23)CCCCC1=O. The summed E-state index contributed by atoms with van der Waals surface area (Å²) in [7, 11) is 0. The molecule has 1 saturated carbocycles. The van der Waals surface area contributed by atoms with E-state index in [-0.39, 0.29) is 12.2 Å². The molecular formula is C17H17NO3. The van der Waals surface area contributed by atoms with Gasteiger partial charge in [-0.05, 0) is 37.0 Å². The van der Waals surface area contributed by atoms with E-state index in [9.17, 15) is 14.7 Å². The predicted octanol–water partition coefficient (Wildman–Crippen LogP) is 2.99. The molecule has 0 aliphatic heterocycles. The number of carbonyl (C=O) groups excluding carboxylic acids is 1. The number of Topliss-reactive ketones (excluding diaryl/α,β-unsaturated/α-hetero) is 1. The maximum atomic E-state index is 12.3. The molecule has 1 atom stereocenters. The summed E-state index contributed by atoms with van der Waals surface area (Å²) >= 11 is 0. The molecule has 1 unspecified atom stereocenters. The fourth-order valence-corrected chi connectivity index (χ4v) is 3.21. The number of benzene rings is 1. The molecule has 2 aromatic rings. The van der Waals surface area contributed by atoms with Gasteiger partial charge in [0.05, 0.1) is 5.52 Å². The van der Waals surface area contributed by atoms with Crippen molar-refractivity contribution in [1.29, 1.82) is 0 Å². The number of para-hydroxylation sites is 1. The molecule has 0 bridgehead atoms. The highest BCUT2D eigenvalue weighted by molar-refractivity contribution is 6.04. The second kappa shape index (κ2) is 5.28. The first-order valence-electron chi connectivity index (χ1n) is 7.23. The van der Waals surface area contributed by atoms with Crippen LogP contribution >= 0.6 is 0 Å². The van der Waals surface area contributed by atoms with Crippen LogP contribution in [0.5, 0.6) is 0 Å². The van der Waals surface area contributed by atoms with Crippen molar-refractivity contribution >= 4 is 22.7 Å². The zero-order valence-electron chi connectivity index (χ0n) is 11.7. The smallest absolute Gasteiger partial charge is 0.317 e. The number of carboxylic acids is 1. The maximum absolute atomic E-state index is 12.3. The highest BCUT2D eigenvalue weighted by Crippen LogP contribution is 2.38. The van der Waals surface area contributed by atoms with Crippen LogP contribution in [0, 0.1) is 5.41 Å². The molecule has 1 aliphatic rings. The van der Waals surface area contributed by atoms with Crippen molar-refractivity contribution in [2.24, 2.45) is 5.41 Å². The van der Waals surface area contributed by atoms with Gasteiger partial charge in [-0.15, -0.1) is 0 Å². The highest BCUT2D eigenvalue weighted by Gasteiger charge is 2.46. The van der Waals surface area contributed by atoms with Gasteiger partial charge in [-0.2, -0.15) is 0 Å². The normalized spacial score (nSPS) is 22.4. The molecular weight excluding hydrogens is 266 g/mol. The van der Waals surface area contributed by atoms with Crippen LogP contribution in [0.15, 0.2) is 36.5 Å². The summed E-state index contributed by atoms with van der Waals surface area (Å²) < 4.78 is 0. The van der Waals surface area contributed by atoms with E-state index in [0.717, 1.165) is 29.3 Å². The van der Waals surface area contributed by atoms with Gasteiger partial charge in [0.1, 0.15) is 5.41 Å². The summed E-state index contributed by atoms with van der Waals surface area (Å²) in [5, 5.41) is 10.6. The molecule has 1 fully saturated rings. The maximum Gasteiger partial charge on any atom is 0.317 e. The molecule has 0 spiro atoms. The number of fused-ring (bicyclic) bond motifs is 1. The number of nitrogens with zero attached hydrogens (tertiary/aromatic N) is 1. The van der Waals surface area contributed by atoms with Crippen LogP contribution in [0.25, 0.3) is 10.9 Å². The van der Waals surface area contributed by atoms with Gasteiger partial charge in [-0.1, -0.05) is 24.6 Å². The van der Waals surface area contributed by atoms with Crippen LogP contribution in [0.1, 0.15) is 31.2 Å². The van der Waals surface area contributed by atoms with Crippen molar-refractivity contribution in [3.63, 3.8) is 0 Å². The van der Waals surface area contributed by atoms with Crippen LogP contribution in [-0.2, 0) is 16.0 Å². The van der Waals surface area contributed by atoms with E-state index in [1.807, 2.05) is 30.3 Å². The number of aromatic nitrogens is 1. The van der Waals surface area contributed by atoms with Gasteiger partial charge in [0, 0.05) is 18.0 Å². The molecule has 1 N–H and O–H groups in total. The van der Waals surface area contributed by atoms with Crippen molar-refractivity contribution in [3.05, 3.63) is 42.1 Å². The Labute approximate surface area is 122 Å². The molecule has 1 aliphatic carbocycles. The Balaban J connectivity index is 2.06. The Morgan fingerprint density at radius 3 is 2.81 bits per heavy atom. The number of hydrogen-bond acceptors (Lipinski definition) is 3. The van der Waals surface area contributed by atoms with Crippen molar-refractivity contribution in [3.8, 4) is 0 Å². The van der Waals surface area contributed by atoms with E-state index in [0.29, 0.717) is 12.8 Å². The summed E-state index contributed by atoms with van der Waals surface area (Å²) in [6.45, 7) is 0. The third kappa shape index (κ3) is 2.31. The largest absolute Gasteiger partial charge is 0.480 e. The Bertz CT molecular complexity index is 705. The lowest BCUT2D eigenvalue weighted by molar-refractivity contribution is -0.157. The summed E-state index contributed by atoms with van der Waals surface area (Å²) in [6, 6.07) is 9.46. The molecule has 3 rings (SSSR count).